The summed E-state index contributed by atoms with van der Waals surface area (Å²) in [6, 6.07) is 9.66. The molecule has 4 rings (SSSR count). The number of anilines is 2. The van der Waals surface area contributed by atoms with E-state index in [0.717, 1.165) is 14.6 Å². The van der Waals surface area contributed by atoms with Crippen molar-refractivity contribution in [2.75, 3.05) is 14.8 Å². The largest absolute Gasteiger partial charge is 0.273 e. The molecule has 8 nitrogen and oxygen atoms in total. The molecule has 0 bridgehead atoms. The van der Waals surface area contributed by atoms with Crippen molar-refractivity contribution in [2.24, 2.45) is 0 Å². The van der Waals surface area contributed by atoms with Gasteiger partial charge in [0, 0.05) is 6.42 Å². The molecule has 11 heteroatoms. The van der Waals surface area contributed by atoms with Gasteiger partial charge in [0.15, 0.2) is 5.13 Å². The van der Waals surface area contributed by atoms with Gasteiger partial charge < -0.3 is 0 Å². The van der Waals surface area contributed by atoms with Gasteiger partial charge in [-0.1, -0.05) is 17.4 Å². The van der Waals surface area contributed by atoms with Crippen molar-refractivity contribution in [1.82, 2.24) is 4.98 Å². The van der Waals surface area contributed by atoms with Gasteiger partial charge in [-0.05, 0) is 55.3 Å². The molecule has 2 aromatic carbocycles. The van der Waals surface area contributed by atoms with Crippen molar-refractivity contribution >= 4 is 58.3 Å². The lowest BCUT2D eigenvalue weighted by Crippen LogP contribution is -2.29. The summed E-state index contributed by atoms with van der Waals surface area (Å²) in [7, 11) is -7.65. The maximum Gasteiger partial charge on any atom is 0.263 e. The Hall–Kier alpha value is -2.50. The highest BCUT2D eigenvalue weighted by Crippen LogP contribution is 2.31. The smallest absolute Gasteiger partial charge is 0.263 e. The molecule has 0 unspecified atom stereocenters. The molecule has 0 atom stereocenters. The number of aromatic nitrogens is 1. The number of benzene rings is 2. The van der Waals surface area contributed by atoms with Crippen molar-refractivity contribution in [1.29, 1.82) is 0 Å². The Morgan fingerprint density at radius 3 is 2.55 bits per heavy atom. The molecule has 1 aliphatic rings. The van der Waals surface area contributed by atoms with E-state index < -0.39 is 26.0 Å². The van der Waals surface area contributed by atoms with Gasteiger partial charge in [0.2, 0.25) is 15.9 Å². The van der Waals surface area contributed by atoms with Crippen LogP contribution >= 0.6 is 11.3 Å². The number of rotatable bonds is 4. The average Bonchev–Trinajstić information content (AvgIpc) is 3.12. The lowest BCUT2D eigenvalue weighted by Gasteiger charge is -2.17. The van der Waals surface area contributed by atoms with Crippen molar-refractivity contribution in [3.8, 4) is 0 Å². The lowest BCUT2D eigenvalue weighted by atomic mass is 10.2. The van der Waals surface area contributed by atoms with Crippen LogP contribution in [-0.2, 0) is 24.8 Å². The van der Waals surface area contributed by atoms with E-state index >= 15 is 0 Å². The van der Waals surface area contributed by atoms with E-state index in [1.54, 1.807) is 6.92 Å². The van der Waals surface area contributed by atoms with Crippen LogP contribution in [0.4, 0.5) is 10.8 Å². The Morgan fingerprint density at radius 1 is 1.14 bits per heavy atom. The van der Waals surface area contributed by atoms with E-state index in [9.17, 15) is 21.6 Å². The van der Waals surface area contributed by atoms with Gasteiger partial charge in [0.25, 0.3) is 10.0 Å². The molecule has 1 fully saturated rings. The van der Waals surface area contributed by atoms with Crippen LogP contribution in [0, 0.1) is 13.8 Å². The normalized spacial score (nSPS) is 16.5. The summed E-state index contributed by atoms with van der Waals surface area (Å²) in [4.78, 5) is 16.2. The van der Waals surface area contributed by atoms with Gasteiger partial charge >= 0.3 is 0 Å². The summed E-state index contributed by atoms with van der Waals surface area (Å²) in [6.07, 6.45) is -0.0833. The number of hydrogen-bond acceptors (Lipinski definition) is 7. The van der Waals surface area contributed by atoms with Crippen molar-refractivity contribution in [3.05, 3.63) is 47.5 Å². The maximum atomic E-state index is 12.8. The Balaban J connectivity index is 1.67. The number of nitrogens with one attached hydrogen (secondary N) is 1. The molecule has 2 heterocycles. The predicted molar refractivity (Wildman–Crippen MR) is 112 cm³/mol. The lowest BCUT2D eigenvalue weighted by molar-refractivity contribution is -0.116. The van der Waals surface area contributed by atoms with Crippen LogP contribution in [0.3, 0.4) is 0 Å². The highest BCUT2D eigenvalue weighted by Gasteiger charge is 2.36. The highest BCUT2D eigenvalue weighted by molar-refractivity contribution is 7.94. The van der Waals surface area contributed by atoms with E-state index in [-0.39, 0.29) is 27.9 Å². The van der Waals surface area contributed by atoms with Gasteiger partial charge in [-0.3, -0.25) is 9.52 Å². The number of nitrogens with zero attached hydrogens (tertiary/aromatic N) is 2. The van der Waals surface area contributed by atoms with E-state index in [4.69, 9.17) is 0 Å². The molecule has 0 saturated carbocycles. The van der Waals surface area contributed by atoms with Crippen molar-refractivity contribution in [2.45, 2.75) is 25.2 Å². The summed E-state index contributed by atoms with van der Waals surface area (Å²) >= 11 is 1.23. The Kier molecular flexibility index (Phi) is 4.63. The molecule has 0 aliphatic carbocycles. The number of sulfonamides is 2. The fourth-order valence-electron chi connectivity index (χ4n) is 3.18. The van der Waals surface area contributed by atoms with Crippen LogP contribution in [0.2, 0.25) is 0 Å². The van der Waals surface area contributed by atoms with E-state index in [1.807, 2.05) is 25.1 Å². The van der Waals surface area contributed by atoms with E-state index in [0.29, 0.717) is 11.1 Å². The standard InChI is InChI=1S/C18H17N3O5S3/c1-11-3-5-14-15(9-11)27-18(19-14)20-29(25,26)16-6-4-13(10-12(16)2)21-17(22)7-8-28(21,23)24/h3-6,9-10H,7-8H2,1-2H3,(H,19,20). The average molecular weight is 452 g/mol. The minimum absolute atomic E-state index is 0.0132. The van der Waals surface area contributed by atoms with E-state index in [1.165, 1.54) is 29.5 Å². The zero-order chi connectivity index (χ0) is 21.0. The van der Waals surface area contributed by atoms with Crippen molar-refractivity contribution in [3.63, 3.8) is 0 Å². The monoisotopic (exact) mass is 451 g/mol. The SMILES string of the molecule is Cc1ccc2nc(NS(=O)(=O)c3ccc(N4C(=O)CCS4(=O)=O)cc3C)sc2c1. The number of amides is 1. The molecule has 0 radical (unpaired) electrons. The zero-order valence-electron chi connectivity index (χ0n) is 15.5. The third-order valence-corrected chi connectivity index (χ3v) is 8.78. The number of thiazole rings is 1. The fraction of sp³-hybridized carbons (Fsp3) is 0.222. The minimum atomic E-state index is -3.94. The van der Waals surface area contributed by atoms with Gasteiger partial charge in [-0.25, -0.2) is 26.1 Å². The number of carbonyl (C=O) groups excluding carboxylic acids is 1. The first-order valence-electron chi connectivity index (χ1n) is 8.63. The van der Waals surface area contributed by atoms with Crippen LogP contribution in [0.5, 0.6) is 0 Å². The third-order valence-electron chi connectivity index (χ3n) is 4.53. The predicted octanol–water partition coefficient (Wildman–Crippen LogP) is 2.78. The van der Waals surface area contributed by atoms with Crippen molar-refractivity contribution < 1.29 is 21.6 Å². The summed E-state index contributed by atoms with van der Waals surface area (Å²) in [5.74, 6) is -0.772. The molecule has 152 valence electrons. The summed E-state index contributed by atoms with van der Waals surface area (Å²) in [5, 5.41) is 0.242. The number of aryl methyl sites for hydroxylation is 2. The van der Waals surface area contributed by atoms with Crippen LogP contribution < -0.4 is 9.03 Å². The maximum absolute atomic E-state index is 12.8. The summed E-state index contributed by atoms with van der Waals surface area (Å²) < 4.78 is 53.9. The molecule has 1 N–H and O–H groups in total. The molecule has 3 aromatic rings. The third kappa shape index (κ3) is 3.61. The minimum Gasteiger partial charge on any atom is -0.273 e. The molecule has 1 amide bonds. The Bertz CT molecular complexity index is 1360. The number of hydrogen-bond donors (Lipinski definition) is 1. The molecule has 1 aromatic heterocycles. The molecule has 0 spiro atoms. The second kappa shape index (κ2) is 6.78. The topological polar surface area (TPSA) is 114 Å². The molecular formula is C18H17N3O5S3. The van der Waals surface area contributed by atoms with Crippen LogP contribution in [0.25, 0.3) is 10.2 Å². The first kappa shape index (κ1) is 19.8. The van der Waals surface area contributed by atoms with Gasteiger partial charge in [-0.15, -0.1) is 0 Å². The molecule has 1 aliphatic heterocycles. The quantitative estimate of drug-likeness (QED) is 0.653. The zero-order valence-corrected chi connectivity index (χ0v) is 18.0. The van der Waals surface area contributed by atoms with Crippen LogP contribution in [0.15, 0.2) is 41.3 Å². The van der Waals surface area contributed by atoms with E-state index in [2.05, 4.69) is 9.71 Å². The first-order chi connectivity index (χ1) is 13.6. The Labute approximate surface area is 172 Å². The fourth-order valence-corrected chi connectivity index (χ4v) is 7.05. The van der Waals surface area contributed by atoms with Crippen LogP contribution in [-0.4, -0.2) is 33.5 Å². The second-order valence-corrected chi connectivity index (χ2v) is 11.4. The molecule has 29 heavy (non-hydrogen) atoms. The van der Waals surface area contributed by atoms with Gasteiger partial charge in [-0.2, -0.15) is 0 Å². The van der Waals surface area contributed by atoms with Gasteiger partial charge in [0.1, 0.15) is 0 Å². The first-order valence-corrected chi connectivity index (χ1v) is 12.5. The Morgan fingerprint density at radius 2 is 1.90 bits per heavy atom. The van der Waals surface area contributed by atoms with Gasteiger partial charge in [0.05, 0.1) is 26.6 Å². The second-order valence-electron chi connectivity index (χ2n) is 6.77. The molecular weight excluding hydrogens is 434 g/mol. The highest BCUT2D eigenvalue weighted by atomic mass is 32.2. The summed E-state index contributed by atoms with van der Waals surface area (Å²) in [5.41, 5.74) is 2.21. The van der Waals surface area contributed by atoms with Crippen LogP contribution in [0.1, 0.15) is 17.5 Å². The number of fused-ring (bicyclic) bond motifs is 1. The summed E-state index contributed by atoms with van der Waals surface area (Å²) in [6.45, 7) is 3.49. The number of carbonyl (C=O) groups is 1. The molecule has 1 saturated heterocycles.